The number of aryl methyl sites for hydroxylation is 1. The highest BCUT2D eigenvalue weighted by atomic mass is 32.2. The van der Waals surface area contributed by atoms with Crippen LogP contribution in [-0.2, 0) is 0 Å². The average molecular weight is 346 g/mol. The largest absolute Gasteiger partial charge is 0.269 e. The van der Waals surface area contributed by atoms with Gasteiger partial charge in [0.25, 0.3) is 5.69 Å². The normalized spacial score (nSPS) is 11.1. The highest BCUT2D eigenvalue weighted by molar-refractivity contribution is 7.99. The molecule has 0 aliphatic carbocycles. The van der Waals surface area contributed by atoms with E-state index in [0.29, 0.717) is 0 Å². The SMILES string of the molecule is Cc1cc(Sc2ccc([N+](=O)[O-])cc2)nc2c1ccc1ccccc12. The van der Waals surface area contributed by atoms with E-state index in [1.165, 1.54) is 34.8 Å². The zero-order valence-electron chi connectivity index (χ0n) is 13.5. The Kier molecular flexibility index (Phi) is 3.86. The molecule has 0 spiro atoms. The molecule has 0 saturated heterocycles. The van der Waals surface area contributed by atoms with Crippen LogP contribution in [0.3, 0.4) is 0 Å². The van der Waals surface area contributed by atoms with E-state index >= 15 is 0 Å². The van der Waals surface area contributed by atoms with Crippen molar-refractivity contribution in [1.29, 1.82) is 0 Å². The molecule has 0 atom stereocenters. The predicted octanol–water partition coefficient (Wildman–Crippen LogP) is 5.76. The van der Waals surface area contributed by atoms with Gasteiger partial charge in [0, 0.05) is 27.8 Å². The lowest BCUT2D eigenvalue weighted by Crippen LogP contribution is -1.89. The lowest BCUT2D eigenvalue weighted by atomic mass is 10.0. The molecule has 1 heterocycles. The Balaban J connectivity index is 1.79. The molecule has 0 N–H and O–H groups in total. The van der Waals surface area contributed by atoms with Gasteiger partial charge < -0.3 is 0 Å². The van der Waals surface area contributed by atoms with Crippen LogP contribution in [0.15, 0.2) is 76.7 Å². The minimum atomic E-state index is -0.390. The summed E-state index contributed by atoms with van der Waals surface area (Å²) in [4.78, 5) is 16.2. The molecule has 25 heavy (non-hydrogen) atoms. The van der Waals surface area contributed by atoms with Gasteiger partial charge in [-0.3, -0.25) is 10.1 Å². The zero-order valence-corrected chi connectivity index (χ0v) is 14.3. The first-order valence-electron chi connectivity index (χ1n) is 7.83. The van der Waals surface area contributed by atoms with E-state index in [1.54, 1.807) is 12.1 Å². The first-order chi connectivity index (χ1) is 12.1. The molecular weight excluding hydrogens is 332 g/mol. The Labute approximate surface area is 148 Å². The molecule has 3 aromatic carbocycles. The smallest absolute Gasteiger partial charge is 0.258 e. The van der Waals surface area contributed by atoms with Crippen molar-refractivity contribution < 1.29 is 4.92 Å². The number of fused-ring (bicyclic) bond motifs is 3. The molecule has 0 aliphatic rings. The van der Waals surface area contributed by atoms with Crippen LogP contribution >= 0.6 is 11.8 Å². The number of hydrogen-bond donors (Lipinski definition) is 0. The van der Waals surface area contributed by atoms with E-state index in [2.05, 4.69) is 37.3 Å². The van der Waals surface area contributed by atoms with Crippen molar-refractivity contribution in [3.8, 4) is 0 Å². The fourth-order valence-electron chi connectivity index (χ4n) is 2.91. The third-order valence-electron chi connectivity index (χ3n) is 4.16. The molecule has 0 aliphatic heterocycles. The molecule has 5 heteroatoms. The van der Waals surface area contributed by atoms with Crippen LogP contribution in [0, 0.1) is 17.0 Å². The molecule has 4 aromatic rings. The van der Waals surface area contributed by atoms with Crippen LogP contribution in [0.5, 0.6) is 0 Å². The molecule has 4 nitrogen and oxygen atoms in total. The third kappa shape index (κ3) is 2.94. The van der Waals surface area contributed by atoms with E-state index in [4.69, 9.17) is 4.98 Å². The van der Waals surface area contributed by atoms with Crippen LogP contribution in [0.2, 0.25) is 0 Å². The number of pyridine rings is 1. The molecular formula is C20H14N2O2S. The van der Waals surface area contributed by atoms with Crippen LogP contribution in [0.25, 0.3) is 21.7 Å². The molecule has 1 aromatic heterocycles. The number of nitrogens with zero attached hydrogens (tertiary/aromatic N) is 2. The molecule has 0 unspecified atom stereocenters. The third-order valence-corrected chi connectivity index (χ3v) is 5.08. The summed E-state index contributed by atoms with van der Waals surface area (Å²) in [5, 5.41) is 15.1. The fourth-order valence-corrected chi connectivity index (χ4v) is 3.79. The zero-order chi connectivity index (χ0) is 17.4. The Morgan fingerprint density at radius 2 is 1.72 bits per heavy atom. The highest BCUT2D eigenvalue weighted by Gasteiger charge is 2.09. The van der Waals surface area contributed by atoms with Crippen molar-refractivity contribution in [2.45, 2.75) is 16.8 Å². The summed E-state index contributed by atoms with van der Waals surface area (Å²) in [6.07, 6.45) is 0. The summed E-state index contributed by atoms with van der Waals surface area (Å²) in [5.41, 5.74) is 2.25. The number of rotatable bonds is 3. The summed E-state index contributed by atoms with van der Waals surface area (Å²) >= 11 is 1.51. The first-order valence-corrected chi connectivity index (χ1v) is 8.65. The van der Waals surface area contributed by atoms with E-state index < -0.39 is 0 Å². The van der Waals surface area contributed by atoms with Gasteiger partial charge in [0.15, 0.2) is 0 Å². The highest BCUT2D eigenvalue weighted by Crippen LogP contribution is 2.33. The van der Waals surface area contributed by atoms with Crippen LogP contribution in [-0.4, -0.2) is 9.91 Å². The van der Waals surface area contributed by atoms with Crippen molar-refractivity contribution >= 4 is 39.1 Å². The standard InChI is InChI=1S/C20H14N2O2S/c1-13-12-19(25-16-9-7-15(8-10-16)22(23)24)21-20-17(13)11-6-14-4-2-3-5-18(14)20/h2-12H,1H3. The quantitative estimate of drug-likeness (QED) is 0.269. The first kappa shape index (κ1) is 15.6. The van der Waals surface area contributed by atoms with Gasteiger partial charge in [0.05, 0.1) is 10.4 Å². The van der Waals surface area contributed by atoms with E-state index in [0.717, 1.165) is 26.2 Å². The molecule has 122 valence electrons. The Morgan fingerprint density at radius 3 is 2.48 bits per heavy atom. The lowest BCUT2D eigenvalue weighted by molar-refractivity contribution is -0.384. The van der Waals surface area contributed by atoms with Gasteiger partial charge in [-0.15, -0.1) is 0 Å². The Morgan fingerprint density at radius 1 is 0.960 bits per heavy atom. The van der Waals surface area contributed by atoms with Crippen molar-refractivity contribution in [3.63, 3.8) is 0 Å². The van der Waals surface area contributed by atoms with E-state index in [-0.39, 0.29) is 10.6 Å². The molecule has 0 radical (unpaired) electrons. The summed E-state index contributed by atoms with van der Waals surface area (Å²) in [5.74, 6) is 0. The molecule has 0 bridgehead atoms. The molecule has 0 amide bonds. The number of benzene rings is 3. The maximum atomic E-state index is 10.8. The van der Waals surface area contributed by atoms with Crippen molar-refractivity contribution in [2.24, 2.45) is 0 Å². The molecule has 0 fully saturated rings. The second kappa shape index (κ2) is 6.18. The topological polar surface area (TPSA) is 56.0 Å². The molecule has 4 rings (SSSR count). The summed E-state index contributed by atoms with van der Waals surface area (Å²) in [6, 6.07) is 21.1. The van der Waals surface area contributed by atoms with Gasteiger partial charge in [-0.2, -0.15) is 0 Å². The number of non-ortho nitro benzene ring substituents is 1. The van der Waals surface area contributed by atoms with Gasteiger partial charge in [0.2, 0.25) is 0 Å². The fraction of sp³-hybridized carbons (Fsp3) is 0.0500. The van der Waals surface area contributed by atoms with E-state index in [1.807, 2.05) is 12.1 Å². The van der Waals surface area contributed by atoms with E-state index in [9.17, 15) is 10.1 Å². The summed E-state index contributed by atoms with van der Waals surface area (Å²) in [6.45, 7) is 2.08. The van der Waals surface area contributed by atoms with Gasteiger partial charge in [-0.05, 0) is 36.1 Å². The second-order valence-corrected chi connectivity index (χ2v) is 6.91. The number of nitro groups is 1. The van der Waals surface area contributed by atoms with Gasteiger partial charge in [-0.25, -0.2) is 4.98 Å². The lowest BCUT2D eigenvalue weighted by Gasteiger charge is -2.09. The monoisotopic (exact) mass is 346 g/mol. The number of nitro benzene ring substituents is 1. The number of aromatic nitrogens is 1. The maximum Gasteiger partial charge on any atom is 0.269 e. The minimum Gasteiger partial charge on any atom is -0.258 e. The predicted molar refractivity (Wildman–Crippen MR) is 101 cm³/mol. The van der Waals surface area contributed by atoms with Gasteiger partial charge >= 0.3 is 0 Å². The van der Waals surface area contributed by atoms with Crippen LogP contribution < -0.4 is 0 Å². The second-order valence-electron chi connectivity index (χ2n) is 5.81. The maximum absolute atomic E-state index is 10.8. The molecule has 0 saturated carbocycles. The minimum absolute atomic E-state index is 0.0954. The Bertz CT molecular complexity index is 1110. The number of hydrogen-bond acceptors (Lipinski definition) is 4. The Hall–Kier alpha value is -2.92. The van der Waals surface area contributed by atoms with Crippen molar-refractivity contribution in [3.05, 3.63) is 82.4 Å². The van der Waals surface area contributed by atoms with Crippen LogP contribution in [0.1, 0.15) is 5.56 Å². The summed E-state index contributed by atoms with van der Waals surface area (Å²) in [7, 11) is 0. The van der Waals surface area contributed by atoms with Crippen LogP contribution in [0.4, 0.5) is 5.69 Å². The van der Waals surface area contributed by atoms with Gasteiger partial charge in [0.1, 0.15) is 5.03 Å². The summed E-state index contributed by atoms with van der Waals surface area (Å²) < 4.78 is 0. The average Bonchev–Trinajstić information content (AvgIpc) is 2.62. The van der Waals surface area contributed by atoms with Gasteiger partial charge in [-0.1, -0.05) is 48.2 Å². The van der Waals surface area contributed by atoms with Crippen molar-refractivity contribution in [2.75, 3.05) is 0 Å². The van der Waals surface area contributed by atoms with Crippen molar-refractivity contribution in [1.82, 2.24) is 4.98 Å².